The largest absolute Gasteiger partial charge is 0.444 e. The van der Waals surface area contributed by atoms with Gasteiger partial charge in [-0.25, -0.2) is 9.79 Å². The number of hydrogen-bond acceptors (Lipinski definition) is 7. The Morgan fingerprint density at radius 3 is 2.67 bits per heavy atom. The van der Waals surface area contributed by atoms with Gasteiger partial charge in [-0.3, -0.25) is 4.79 Å². The number of anilines is 1. The first kappa shape index (κ1) is 25.3. The summed E-state index contributed by atoms with van der Waals surface area (Å²) in [6, 6.07) is 9.84. The Labute approximate surface area is 210 Å². The predicted molar refractivity (Wildman–Crippen MR) is 138 cm³/mol. The number of carbonyl (C=O) groups excluding carboxylic acids is 1. The minimum atomic E-state index is -0.630. The van der Waals surface area contributed by atoms with Gasteiger partial charge >= 0.3 is 6.09 Å². The zero-order valence-electron chi connectivity index (χ0n) is 21.0. The average molecular weight is 492 g/mol. The van der Waals surface area contributed by atoms with E-state index in [9.17, 15) is 14.9 Å². The third-order valence-corrected chi connectivity index (χ3v) is 6.48. The highest BCUT2D eigenvalue weighted by Crippen LogP contribution is 2.32. The molecule has 0 unspecified atom stereocenters. The Balaban J connectivity index is 1.57. The molecular formula is C26H33N7O3. The van der Waals surface area contributed by atoms with Crippen LogP contribution in [-0.4, -0.2) is 46.0 Å². The molecule has 0 saturated carbocycles. The normalized spacial score (nSPS) is 17.3. The molecule has 3 heterocycles. The molecule has 10 heteroatoms. The number of nitriles is 1. The Kier molecular flexibility index (Phi) is 7.04. The number of nitrogens with one attached hydrogen (secondary N) is 3. The van der Waals surface area contributed by atoms with Crippen LogP contribution in [0, 0.1) is 11.3 Å². The molecule has 1 fully saturated rings. The lowest BCUT2D eigenvalue weighted by Crippen LogP contribution is -2.52. The van der Waals surface area contributed by atoms with Gasteiger partial charge in [-0.05, 0) is 62.9 Å². The van der Waals surface area contributed by atoms with Crippen molar-refractivity contribution in [2.75, 3.05) is 18.4 Å². The Morgan fingerprint density at radius 2 is 1.97 bits per heavy atom. The van der Waals surface area contributed by atoms with E-state index in [-0.39, 0.29) is 29.5 Å². The standard InChI is InChI=1S/C26H33N7O3/c1-25(2,3)36-24(35)33-12-8-26(7-10-27,9-13-33)32-20-6-11-30-23(34)21(20)22(28)31-19-5-4-17-15-29-16-18(17)14-19/h4-6,11,14,29H,7-9,12-13,15-16H2,1-3H3,(H2,28,31)(H2,30,32,34). The number of aliphatic imine (C=N–C) groups is 1. The molecule has 2 aliphatic heterocycles. The van der Waals surface area contributed by atoms with Crippen molar-refractivity contribution in [3.05, 3.63) is 57.5 Å². The van der Waals surface area contributed by atoms with E-state index in [1.807, 2.05) is 39.0 Å². The smallest absolute Gasteiger partial charge is 0.410 e. The summed E-state index contributed by atoms with van der Waals surface area (Å²) in [6.45, 7) is 7.94. The molecule has 1 amide bonds. The number of piperidine rings is 1. The highest BCUT2D eigenvalue weighted by atomic mass is 16.6. The van der Waals surface area contributed by atoms with Crippen molar-refractivity contribution >= 4 is 23.3 Å². The minimum absolute atomic E-state index is 0.0866. The number of nitrogens with zero attached hydrogens (tertiary/aromatic N) is 3. The van der Waals surface area contributed by atoms with Gasteiger partial charge in [-0.1, -0.05) is 6.07 Å². The molecule has 1 aromatic carbocycles. The molecule has 36 heavy (non-hydrogen) atoms. The number of likely N-dealkylation sites (tertiary alicyclic amines) is 1. The highest BCUT2D eigenvalue weighted by molar-refractivity contribution is 6.03. The van der Waals surface area contributed by atoms with Gasteiger partial charge in [0.05, 0.1) is 29.4 Å². The van der Waals surface area contributed by atoms with E-state index in [1.54, 1.807) is 17.2 Å². The van der Waals surface area contributed by atoms with Gasteiger partial charge in [-0.15, -0.1) is 0 Å². The topological polar surface area (TPSA) is 149 Å². The van der Waals surface area contributed by atoms with Gasteiger partial charge in [-0.2, -0.15) is 5.26 Å². The quantitative estimate of drug-likeness (QED) is 0.371. The molecule has 2 aliphatic rings. The molecule has 10 nitrogen and oxygen atoms in total. The summed E-state index contributed by atoms with van der Waals surface area (Å²) in [4.78, 5) is 34.2. The van der Waals surface area contributed by atoms with Crippen LogP contribution in [0.25, 0.3) is 0 Å². The second kappa shape index (κ2) is 10.0. The zero-order valence-corrected chi connectivity index (χ0v) is 21.0. The summed E-state index contributed by atoms with van der Waals surface area (Å²) >= 11 is 0. The number of fused-ring (bicyclic) bond motifs is 1. The fourth-order valence-corrected chi connectivity index (χ4v) is 4.61. The predicted octanol–water partition coefficient (Wildman–Crippen LogP) is 3.11. The lowest BCUT2D eigenvalue weighted by molar-refractivity contribution is 0.0179. The molecule has 5 N–H and O–H groups in total. The number of ether oxygens (including phenoxy) is 1. The van der Waals surface area contributed by atoms with Crippen LogP contribution >= 0.6 is 0 Å². The number of amidine groups is 1. The summed E-state index contributed by atoms with van der Waals surface area (Å²) in [7, 11) is 0. The van der Waals surface area contributed by atoms with Crippen molar-refractivity contribution in [3.63, 3.8) is 0 Å². The second-order valence-electron chi connectivity index (χ2n) is 10.4. The number of benzene rings is 1. The third kappa shape index (κ3) is 5.69. The first-order valence-electron chi connectivity index (χ1n) is 12.1. The molecule has 0 atom stereocenters. The van der Waals surface area contributed by atoms with Crippen molar-refractivity contribution in [2.24, 2.45) is 10.7 Å². The molecule has 4 rings (SSSR count). The van der Waals surface area contributed by atoms with Crippen LogP contribution in [0.3, 0.4) is 0 Å². The summed E-state index contributed by atoms with van der Waals surface area (Å²) in [5, 5.41) is 16.3. The van der Waals surface area contributed by atoms with E-state index >= 15 is 0 Å². The number of nitrogens with two attached hydrogens (primary N) is 1. The van der Waals surface area contributed by atoms with Crippen LogP contribution in [0.1, 0.15) is 56.7 Å². The van der Waals surface area contributed by atoms with E-state index in [4.69, 9.17) is 10.5 Å². The number of aromatic amines is 1. The van der Waals surface area contributed by atoms with Gasteiger partial charge in [0.2, 0.25) is 0 Å². The summed E-state index contributed by atoms with van der Waals surface area (Å²) in [6.07, 6.45) is 2.40. The van der Waals surface area contributed by atoms with Gasteiger partial charge < -0.3 is 31.0 Å². The summed E-state index contributed by atoms with van der Waals surface area (Å²) < 4.78 is 5.49. The van der Waals surface area contributed by atoms with E-state index in [1.165, 1.54) is 5.56 Å². The minimum Gasteiger partial charge on any atom is -0.444 e. The fraction of sp³-hybridized carbons (Fsp3) is 0.462. The molecular weight excluding hydrogens is 458 g/mol. The maximum Gasteiger partial charge on any atom is 0.410 e. The third-order valence-electron chi connectivity index (χ3n) is 6.48. The van der Waals surface area contributed by atoms with Crippen molar-refractivity contribution < 1.29 is 9.53 Å². The molecule has 0 spiro atoms. The van der Waals surface area contributed by atoms with Gasteiger partial charge in [0.25, 0.3) is 5.56 Å². The van der Waals surface area contributed by atoms with E-state index < -0.39 is 11.1 Å². The molecule has 2 aromatic rings. The SMILES string of the molecule is CC(C)(C)OC(=O)N1CCC(CC#N)(Nc2cc[nH]c(=O)c2C(N)=Nc2ccc3c(c2)CNC3)CC1. The van der Waals surface area contributed by atoms with Crippen molar-refractivity contribution in [1.29, 1.82) is 5.26 Å². The second-order valence-corrected chi connectivity index (χ2v) is 10.4. The first-order chi connectivity index (χ1) is 17.1. The van der Waals surface area contributed by atoms with Crippen LogP contribution in [0.4, 0.5) is 16.2 Å². The van der Waals surface area contributed by atoms with Gasteiger partial charge in [0, 0.05) is 32.4 Å². The number of aromatic nitrogens is 1. The molecule has 1 saturated heterocycles. The van der Waals surface area contributed by atoms with E-state index in [0.29, 0.717) is 37.3 Å². The number of amides is 1. The number of rotatable bonds is 5. The molecule has 0 radical (unpaired) electrons. The van der Waals surface area contributed by atoms with E-state index in [0.717, 1.165) is 18.7 Å². The molecule has 0 aliphatic carbocycles. The maximum absolute atomic E-state index is 12.8. The summed E-state index contributed by atoms with van der Waals surface area (Å²) in [5.74, 6) is 0.0866. The molecule has 1 aromatic heterocycles. The van der Waals surface area contributed by atoms with E-state index in [2.05, 4.69) is 26.7 Å². The fourth-order valence-electron chi connectivity index (χ4n) is 4.61. The lowest BCUT2D eigenvalue weighted by atomic mass is 9.84. The Morgan fingerprint density at radius 1 is 1.25 bits per heavy atom. The highest BCUT2D eigenvalue weighted by Gasteiger charge is 2.38. The maximum atomic E-state index is 12.8. The number of pyridine rings is 1. The summed E-state index contributed by atoms with van der Waals surface area (Å²) in [5.41, 5.74) is 8.56. The van der Waals surface area contributed by atoms with Crippen molar-refractivity contribution in [3.8, 4) is 6.07 Å². The van der Waals surface area contributed by atoms with Crippen LogP contribution in [0.15, 0.2) is 40.2 Å². The average Bonchev–Trinajstić information content (AvgIpc) is 3.26. The zero-order chi connectivity index (χ0) is 25.9. The number of H-pyrrole nitrogens is 1. The Bertz CT molecular complexity index is 1260. The van der Waals surface area contributed by atoms with Gasteiger partial charge in [0.1, 0.15) is 17.0 Å². The molecule has 0 bridgehead atoms. The van der Waals surface area contributed by atoms with Crippen LogP contribution < -0.4 is 21.9 Å². The number of carbonyl (C=O) groups is 1. The first-order valence-corrected chi connectivity index (χ1v) is 12.1. The van der Waals surface area contributed by atoms with Crippen LogP contribution in [0.5, 0.6) is 0 Å². The van der Waals surface area contributed by atoms with Crippen molar-refractivity contribution in [1.82, 2.24) is 15.2 Å². The van der Waals surface area contributed by atoms with Gasteiger partial charge in [0.15, 0.2) is 0 Å². The monoisotopic (exact) mass is 491 g/mol. The molecule has 190 valence electrons. The van der Waals surface area contributed by atoms with Crippen molar-refractivity contribution in [2.45, 2.75) is 64.3 Å². The van der Waals surface area contributed by atoms with Crippen LogP contribution in [0.2, 0.25) is 0 Å². The Hall–Kier alpha value is -3.84. The lowest BCUT2D eigenvalue weighted by Gasteiger charge is -2.42. The van der Waals surface area contributed by atoms with Crippen LogP contribution in [-0.2, 0) is 17.8 Å². The number of hydrogen-bond donors (Lipinski definition) is 4.